The second-order valence-corrected chi connectivity index (χ2v) is 4.12. The van der Waals surface area contributed by atoms with Gasteiger partial charge in [-0.15, -0.1) is 0 Å². The van der Waals surface area contributed by atoms with E-state index in [1.165, 1.54) is 13.0 Å². The fraction of sp³-hybridized carbons (Fsp3) is 0.467. The van der Waals surface area contributed by atoms with Crippen molar-refractivity contribution < 1.29 is 19.8 Å². The average Bonchev–Trinajstić information content (AvgIpc) is 2.45. The molecule has 6 heteroatoms. The summed E-state index contributed by atoms with van der Waals surface area (Å²) in [5.74, 6) is -0.671. The number of amides is 2. The van der Waals surface area contributed by atoms with E-state index in [2.05, 4.69) is 10.6 Å². The highest BCUT2D eigenvalue weighted by atomic mass is 16.3. The molecular weight excluding hydrogens is 272 g/mol. The summed E-state index contributed by atoms with van der Waals surface area (Å²) < 4.78 is 0. The molecule has 0 saturated carbocycles. The topological polar surface area (TPSA) is 98.7 Å². The fourth-order valence-electron chi connectivity index (χ4n) is 1.56. The Morgan fingerprint density at radius 2 is 1.76 bits per heavy atom. The molecule has 0 radical (unpaired) electrons. The maximum absolute atomic E-state index is 11.4. The van der Waals surface area contributed by atoms with Crippen molar-refractivity contribution in [3.63, 3.8) is 0 Å². The molecule has 0 heterocycles. The molecule has 21 heavy (non-hydrogen) atoms. The molecule has 0 saturated heterocycles. The van der Waals surface area contributed by atoms with Gasteiger partial charge in [-0.2, -0.15) is 0 Å². The average molecular weight is 296 g/mol. The Morgan fingerprint density at radius 1 is 1.10 bits per heavy atom. The molecule has 1 aromatic carbocycles. The molecule has 0 aliphatic heterocycles. The molecule has 6 nitrogen and oxygen atoms in total. The van der Waals surface area contributed by atoms with Crippen LogP contribution in [-0.2, 0) is 16.0 Å². The lowest BCUT2D eigenvalue weighted by atomic mass is 10.1. The normalized spacial score (nSPS) is 9.29. The fourth-order valence-corrected chi connectivity index (χ4v) is 1.56. The van der Waals surface area contributed by atoms with Crippen LogP contribution in [0.15, 0.2) is 18.2 Å². The van der Waals surface area contributed by atoms with Crippen LogP contribution in [-0.4, -0.2) is 35.1 Å². The van der Waals surface area contributed by atoms with Gasteiger partial charge in [-0.25, -0.2) is 0 Å². The second kappa shape index (κ2) is 10.5. The van der Waals surface area contributed by atoms with Crippen molar-refractivity contribution >= 4 is 11.8 Å². The van der Waals surface area contributed by atoms with E-state index in [0.717, 1.165) is 0 Å². The third-order valence-corrected chi connectivity index (χ3v) is 2.54. The Hall–Kier alpha value is -2.24. The van der Waals surface area contributed by atoms with E-state index in [9.17, 15) is 19.8 Å². The van der Waals surface area contributed by atoms with Gasteiger partial charge in [-0.05, 0) is 18.1 Å². The number of carbonyl (C=O) groups is 2. The molecule has 0 fully saturated rings. The first kappa shape index (κ1) is 18.8. The molecule has 4 N–H and O–H groups in total. The number of rotatable bonds is 6. The Kier molecular flexibility index (Phi) is 9.41. The number of aromatic hydroxyl groups is 2. The lowest BCUT2D eigenvalue weighted by Crippen LogP contribution is -2.30. The maximum Gasteiger partial charge on any atom is 0.221 e. The van der Waals surface area contributed by atoms with Crippen molar-refractivity contribution in [1.29, 1.82) is 0 Å². The van der Waals surface area contributed by atoms with E-state index in [0.29, 0.717) is 25.1 Å². The first-order chi connectivity index (χ1) is 10.0. The van der Waals surface area contributed by atoms with Gasteiger partial charge in [-0.1, -0.05) is 26.0 Å². The lowest BCUT2D eigenvalue weighted by Gasteiger charge is -2.08. The number of phenolic OH excluding ortho intramolecular Hbond substituents is 2. The largest absolute Gasteiger partial charge is 0.504 e. The van der Waals surface area contributed by atoms with Gasteiger partial charge in [0.25, 0.3) is 0 Å². The monoisotopic (exact) mass is 296 g/mol. The minimum Gasteiger partial charge on any atom is -0.504 e. The van der Waals surface area contributed by atoms with Crippen LogP contribution < -0.4 is 10.6 Å². The number of benzene rings is 1. The molecule has 2 amide bonds. The van der Waals surface area contributed by atoms with E-state index < -0.39 is 0 Å². The van der Waals surface area contributed by atoms with E-state index >= 15 is 0 Å². The highest BCUT2D eigenvalue weighted by Crippen LogP contribution is 2.28. The molecule has 0 atom stereocenters. The van der Waals surface area contributed by atoms with Gasteiger partial charge in [0.15, 0.2) is 11.5 Å². The van der Waals surface area contributed by atoms with Crippen molar-refractivity contribution in [3.8, 4) is 11.5 Å². The van der Waals surface area contributed by atoms with Crippen LogP contribution in [0, 0.1) is 0 Å². The smallest absolute Gasteiger partial charge is 0.221 e. The lowest BCUT2D eigenvalue weighted by molar-refractivity contribution is -0.121. The second-order valence-electron chi connectivity index (χ2n) is 4.12. The van der Waals surface area contributed by atoms with Gasteiger partial charge >= 0.3 is 0 Å². The molecule has 1 rings (SSSR count). The molecule has 0 unspecified atom stereocenters. The van der Waals surface area contributed by atoms with Crippen molar-refractivity contribution in [3.05, 3.63) is 23.8 Å². The van der Waals surface area contributed by atoms with Crippen LogP contribution >= 0.6 is 0 Å². The number of para-hydroxylation sites is 1. The van der Waals surface area contributed by atoms with Crippen LogP contribution in [0.4, 0.5) is 0 Å². The number of hydrogen-bond acceptors (Lipinski definition) is 4. The van der Waals surface area contributed by atoms with Crippen LogP contribution in [0.25, 0.3) is 0 Å². The highest BCUT2D eigenvalue weighted by molar-refractivity contribution is 5.77. The predicted molar refractivity (Wildman–Crippen MR) is 81.1 cm³/mol. The summed E-state index contributed by atoms with van der Waals surface area (Å²) in [6, 6.07) is 4.70. The minimum absolute atomic E-state index is 0.157. The molecule has 0 aromatic heterocycles. The van der Waals surface area contributed by atoms with Crippen molar-refractivity contribution in [2.24, 2.45) is 0 Å². The Balaban J connectivity index is 0.00000191. The van der Waals surface area contributed by atoms with Crippen molar-refractivity contribution in [2.75, 3.05) is 13.1 Å². The zero-order chi connectivity index (χ0) is 16.3. The standard InChI is InChI=1S/C13H18N2O4.C2H6/c1-9(16)14-8-6-12(18)15-7-5-10-3-2-4-11(17)13(10)19;1-2/h2-4,17,19H,5-8H2,1H3,(H,14,16)(H,15,18);1-2H3. The molecule has 0 bridgehead atoms. The van der Waals surface area contributed by atoms with Crippen LogP contribution in [0.5, 0.6) is 11.5 Å². The maximum atomic E-state index is 11.4. The summed E-state index contributed by atoms with van der Waals surface area (Å²) in [5, 5.41) is 24.1. The zero-order valence-corrected chi connectivity index (χ0v) is 12.8. The van der Waals surface area contributed by atoms with E-state index in [1.54, 1.807) is 12.1 Å². The predicted octanol–water partition coefficient (Wildman–Crippen LogP) is 1.31. The van der Waals surface area contributed by atoms with Crippen molar-refractivity contribution in [1.82, 2.24) is 10.6 Å². The SMILES string of the molecule is CC.CC(=O)NCCC(=O)NCCc1cccc(O)c1O. The Labute approximate surface area is 125 Å². The summed E-state index contributed by atoms with van der Waals surface area (Å²) in [4.78, 5) is 22.0. The molecular formula is C15H24N2O4. The van der Waals surface area contributed by atoms with Gasteiger partial charge in [0.1, 0.15) is 0 Å². The quantitative estimate of drug-likeness (QED) is 0.595. The van der Waals surface area contributed by atoms with Gasteiger partial charge in [-0.3, -0.25) is 9.59 Å². The molecule has 0 aliphatic carbocycles. The first-order valence-electron chi connectivity index (χ1n) is 7.01. The summed E-state index contributed by atoms with van der Waals surface area (Å²) in [6.07, 6.45) is 0.637. The molecule has 1 aromatic rings. The van der Waals surface area contributed by atoms with Gasteiger partial charge in [0.2, 0.25) is 11.8 Å². The number of hydrogen-bond donors (Lipinski definition) is 4. The van der Waals surface area contributed by atoms with Gasteiger partial charge in [0.05, 0.1) is 0 Å². The summed E-state index contributed by atoms with van der Waals surface area (Å²) in [7, 11) is 0. The third-order valence-electron chi connectivity index (χ3n) is 2.54. The van der Waals surface area contributed by atoms with Crippen LogP contribution in [0.1, 0.15) is 32.8 Å². The zero-order valence-electron chi connectivity index (χ0n) is 12.8. The molecule has 118 valence electrons. The summed E-state index contributed by atoms with van der Waals surface area (Å²) in [5.41, 5.74) is 0.571. The van der Waals surface area contributed by atoms with E-state index in [-0.39, 0.29) is 29.7 Å². The van der Waals surface area contributed by atoms with Gasteiger partial charge < -0.3 is 20.8 Å². The van der Waals surface area contributed by atoms with Crippen LogP contribution in [0.3, 0.4) is 0 Å². The number of nitrogens with one attached hydrogen (secondary N) is 2. The number of phenols is 2. The number of carbonyl (C=O) groups excluding carboxylic acids is 2. The minimum atomic E-state index is -0.173. The van der Waals surface area contributed by atoms with Crippen molar-refractivity contribution in [2.45, 2.75) is 33.6 Å². The summed E-state index contributed by atoms with van der Waals surface area (Å²) in [6.45, 7) is 6.05. The highest BCUT2D eigenvalue weighted by Gasteiger charge is 2.06. The third kappa shape index (κ3) is 7.81. The summed E-state index contributed by atoms with van der Waals surface area (Å²) >= 11 is 0. The van der Waals surface area contributed by atoms with E-state index in [4.69, 9.17) is 0 Å². The molecule has 0 spiro atoms. The Morgan fingerprint density at radius 3 is 2.38 bits per heavy atom. The Bertz CT molecular complexity index is 461. The first-order valence-corrected chi connectivity index (χ1v) is 7.01. The molecule has 0 aliphatic rings. The van der Waals surface area contributed by atoms with Gasteiger partial charge in [0, 0.05) is 26.4 Å². The van der Waals surface area contributed by atoms with E-state index in [1.807, 2.05) is 13.8 Å². The van der Waals surface area contributed by atoms with Crippen LogP contribution in [0.2, 0.25) is 0 Å².